The first-order valence-corrected chi connectivity index (χ1v) is 8.47. The molecule has 1 saturated heterocycles. The van der Waals surface area contributed by atoms with Crippen LogP contribution in [-0.2, 0) is 4.74 Å². The van der Waals surface area contributed by atoms with E-state index in [9.17, 15) is 4.79 Å². The van der Waals surface area contributed by atoms with E-state index in [1.807, 2.05) is 33.8 Å². The third-order valence-corrected chi connectivity index (χ3v) is 4.11. The molecule has 0 atom stereocenters. The number of hydrogen-bond donors (Lipinski definition) is 1. The van der Waals surface area contributed by atoms with Gasteiger partial charge in [0.1, 0.15) is 10.8 Å². The predicted octanol–water partition coefficient (Wildman–Crippen LogP) is 4.10. The Hall–Kier alpha value is -1.49. The number of halogens is 1. The Labute approximate surface area is 143 Å². The van der Waals surface area contributed by atoms with Crippen LogP contribution in [0.1, 0.15) is 39.3 Å². The number of hydrogen-bond acceptors (Lipinski definition) is 4. The molecule has 0 saturated carbocycles. The molecule has 0 bridgehead atoms. The summed E-state index contributed by atoms with van der Waals surface area (Å²) in [4.78, 5) is 18.1. The summed E-state index contributed by atoms with van der Waals surface area (Å²) >= 11 is 5.87. The molecule has 0 aromatic carbocycles. The molecule has 0 spiro atoms. The molecule has 5 nitrogen and oxygen atoms in total. The van der Waals surface area contributed by atoms with Gasteiger partial charge in [0.25, 0.3) is 0 Å². The number of nitrogens with zero attached hydrogens (tertiary/aromatic N) is 2. The number of pyridine rings is 1. The zero-order chi connectivity index (χ0) is 17.0. The number of carbonyl (C=O) groups excluding carboxylic acids is 1. The number of amides is 1. The molecule has 23 heavy (non-hydrogen) atoms. The average Bonchev–Trinajstić information content (AvgIpc) is 2.45. The van der Waals surface area contributed by atoms with Gasteiger partial charge < -0.3 is 15.0 Å². The Balaban J connectivity index is 1.77. The molecule has 1 aromatic rings. The monoisotopic (exact) mass is 339 g/mol. The molecular formula is C17H26ClN3O2. The van der Waals surface area contributed by atoms with Crippen molar-refractivity contribution in [3.05, 3.63) is 23.0 Å². The Morgan fingerprint density at radius 1 is 1.39 bits per heavy atom. The van der Waals surface area contributed by atoms with Crippen LogP contribution in [0.4, 0.5) is 10.5 Å². The normalized spacial score (nSPS) is 16.3. The van der Waals surface area contributed by atoms with Crippen LogP contribution in [0.25, 0.3) is 0 Å². The first kappa shape index (κ1) is 17.9. The lowest BCUT2D eigenvalue weighted by Crippen LogP contribution is -2.42. The quantitative estimate of drug-likeness (QED) is 0.842. The van der Waals surface area contributed by atoms with E-state index in [-0.39, 0.29) is 6.09 Å². The molecule has 1 aliphatic heterocycles. The molecule has 2 rings (SSSR count). The third kappa shape index (κ3) is 5.57. The van der Waals surface area contributed by atoms with Crippen molar-refractivity contribution < 1.29 is 9.53 Å². The lowest BCUT2D eigenvalue weighted by atomic mass is 9.97. The molecule has 2 heterocycles. The van der Waals surface area contributed by atoms with Crippen LogP contribution in [-0.4, -0.2) is 41.2 Å². The molecular weight excluding hydrogens is 314 g/mol. The lowest BCUT2D eigenvalue weighted by Gasteiger charge is -2.33. The van der Waals surface area contributed by atoms with Gasteiger partial charge in [-0.05, 0) is 58.6 Å². The number of anilines is 1. The number of aromatic nitrogens is 1. The molecule has 1 aliphatic rings. The maximum atomic E-state index is 12.0. The summed E-state index contributed by atoms with van der Waals surface area (Å²) in [5.41, 5.74) is 1.49. The summed E-state index contributed by atoms with van der Waals surface area (Å²) < 4.78 is 5.42. The molecule has 6 heteroatoms. The van der Waals surface area contributed by atoms with Gasteiger partial charge in [-0.3, -0.25) is 0 Å². The second-order valence-electron chi connectivity index (χ2n) is 7.06. The number of carbonyl (C=O) groups is 1. The largest absolute Gasteiger partial charge is 0.444 e. The number of piperidine rings is 1. The molecule has 1 amide bonds. The van der Waals surface area contributed by atoms with E-state index in [4.69, 9.17) is 16.3 Å². The van der Waals surface area contributed by atoms with Gasteiger partial charge in [-0.15, -0.1) is 0 Å². The Bertz CT molecular complexity index is 549. The van der Waals surface area contributed by atoms with Gasteiger partial charge >= 0.3 is 6.09 Å². The van der Waals surface area contributed by atoms with Gasteiger partial charge in [-0.2, -0.15) is 0 Å². The summed E-state index contributed by atoms with van der Waals surface area (Å²) in [5, 5.41) is 3.95. The first-order chi connectivity index (χ1) is 10.7. The van der Waals surface area contributed by atoms with Crippen LogP contribution in [0.2, 0.25) is 5.15 Å². The minimum absolute atomic E-state index is 0.207. The summed E-state index contributed by atoms with van der Waals surface area (Å²) in [6.07, 6.45) is 1.75. The summed E-state index contributed by atoms with van der Waals surface area (Å²) in [6.45, 7) is 10.0. The highest BCUT2D eigenvalue weighted by molar-refractivity contribution is 6.29. The van der Waals surface area contributed by atoms with E-state index in [1.54, 1.807) is 11.0 Å². The van der Waals surface area contributed by atoms with Crippen LogP contribution in [0.5, 0.6) is 0 Å². The van der Waals surface area contributed by atoms with Crippen molar-refractivity contribution >= 4 is 23.4 Å². The Morgan fingerprint density at radius 2 is 2.04 bits per heavy atom. The molecule has 1 N–H and O–H groups in total. The van der Waals surface area contributed by atoms with Crippen LogP contribution in [0, 0.1) is 12.8 Å². The Morgan fingerprint density at radius 3 is 2.61 bits per heavy atom. The predicted molar refractivity (Wildman–Crippen MR) is 93.0 cm³/mol. The average molecular weight is 340 g/mol. The van der Waals surface area contributed by atoms with Gasteiger partial charge in [0.05, 0.1) is 11.4 Å². The third-order valence-electron chi connectivity index (χ3n) is 3.90. The zero-order valence-corrected chi connectivity index (χ0v) is 15.1. The van der Waals surface area contributed by atoms with Crippen LogP contribution in [0.15, 0.2) is 12.1 Å². The van der Waals surface area contributed by atoms with Gasteiger partial charge in [0, 0.05) is 19.6 Å². The van der Waals surface area contributed by atoms with E-state index in [2.05, 4.69) is 10.3 Å². The number of ether oxygens (including phenoxy) is 1. The van der Waals surface area contributed by atoms with Crippen molar-refractivity contribution in [2.24, 2.45) is 5.92 Å². The van der Waals surface area contributed by atoms with Crippen molar-refractivity contribution in [2.45, 2.75) is 46.1 Å². The molecule has 1 fully saturated rings. The number of rotatable bonds is 3. The van der Waals surface area contributed by atoms with E-state index in [0.29, 0.717) is 11.1 Å². The highest BCUT2D eigenvalue weighted by Crippen LogP contribution is 2.22. The topological polar surface area (TPSA) is 54.5 Å². The number of nitrogens with one attached hydrogen (secondary N) is 1. The first-order valence-electron chi connectivity index (χ1n) is 8.09. The van der Waals surface area contributed by atoms with E-state index in [1.165, 1.54) is 0 Å². The van der Waals surface area contributed by atoms with Gasteiger partial charge in [0.2, 0.25) is 0 Å². The van der Waals surface area contributed by atoms with Crippen molar-refractivity contribution in [3.8, 4) is 0 Å². The standard InChI is InChI=1S/C17H26ClN3O2/c1-12-14(5-6-15(18)20-12)19-11-13-7-9-21(10-8-13)16(22)23-17(2,3)4/h5-6,13,19H,7-11H2,1-4H3. The minimum atomic E-state index is -0.436. The summed E-state index contributed by atoms with van der Waals surface area (Å²) in [6, 6.07) is 3.75. The van der Waals surface area contributed by atoms with Crippen molar-refractivity contribution in [2.75, 3.05) is 25.0 Å². The van der Waals surface area contributed by atoms with E-state index < -0.39 is 5.60 Å². The van der Waals surface area contributed by atoms with Crippen LogP contribution >= 0.6 is 11.6 Å². The van der Waals surface area contributed by atoms with Crippen molar-refractivity contribution in [3.63, 3.8) is 0 Å². The molecule has 1 aromatic heterocycles. The fourth-order valence-corrected chi connectivity index (χ4v) is 2.81. The van der Waals surface area contributed by atoms with E-state index >= 15 is 0 Å². The lowest BCUT2D eigenvalue weighted by molar-refractivity contribution is 0.0188. The smallest absolute Gasteiger partial charge is 0.410 e. The SMILES string of the molecule is Cc1nc(Cl)ccc1NCC1CCN(C(=O)OC(C)(C)C)CC1. The zero-order valence-electron chi connectivity index (χ0n) is 14.4. The van der Waals surface area contributed by atoms with E-state index in [0.717, 1.165) is 43.9 Å². The fourth-order valence-electron chi connectivity index (χ4n) is 2.62. The summed E-state index contributed by atoms with van der Waals surface area (Å²) in [7, 11) is 0. The maximum absolute atomic E-state index is 12.0. The minimum Gasteiger partial charge on any atom is -0.444 e. The highest BCUT2D eigenvalue weighted by Gasteiger charge is 2.26. The number of aryl methyl sites for hydroxylation is 1. The van der Waals surface area contributed by atoms with Crippen molar-refractivity contribution in [1.29, 1.82) is 0 Å². The van der Waals surface area contributed by atoms with Crippen LogP contribution in [0.3, 0.4) is 0 Å². The second kappa shape index (κ2) is 7.39. The molecule has 0 aliphatic carbocycles. The van der Waals surface area contributed by atoms with Gasteiger partial charge in [-0.25, -0.2) is 9.78 Å². The maximum Gasteiger partial charge on any atom is 0.410 e. The second-order valence-corrected chi connectivity index (χ2v) is 7.45. The molecule has 0 unspecified atom stereocenters. The van der Waals surface area contributed by atoms with Gasteiger partial charge in [0.15, 0.2) is 0 Å². The Kier molecular flexibility index (Phi) is 5.74. The highest BCUT2D eigenvalue weighted by atomic mass is 35.5. The molecule has 128 valence electrons. The molecule has 0 radical (unpaired) electrons. The summed E-state index contributed by atoms with van der Waals surface area (Å²) in [5.74, 6) is 0.545. The van der Waals surface area contributed by atoms with Crippen molar-refractivity contribution in [1.82, 2.24) is 9.88 Å². The van der Waals surface area contributed by atoms with Crippen LogP contribution < -0.4 is 5.32 Å². The fraction of sp³-hybridized carbons (Fsp3) is 0.647. The number of likely N-dealkylation sites (tertiary alicyclic amines) is 1. The van der Waals surface area contributed by atoms with Gasteiger partial charge in [-0.1, -0.05) is 11.6 Å².